The van der Waals surface area contributed by atoms with Gasteiger partial charge in [-0.2, -0.15) is 0 Å². The Balaban J connectivity index is 3.85. The van der Waals surface area contributed by atoms with E-state index < -0.39 is 16.7 Å². The molecule has 0 saturated heterocycles. The van der Waals surface area contributed by atoms with Crippen LogP contribution in [0.5, 0.6) is 0 Å². The van der Waals surface area contributed by atoms with Crippen molar-refractivity contribution in [3.8, 4) is 0 Å². The molecule has 0 aliphatic rings. The zero-order valence-corrected chi connectivity index (χ0v) is 3.64. The van der Waals surface area contributed by atoms with E-state index in [2.05, 4.69) is 0 Å². The molecule has 0 saturated carbocycles. The third-order valence-corrected chi connectivity index (χ3v) is 0.489. The second kappa shape index (κ2) is 1.59. The summed E-state index contributed by atoms with van der Waals surface area (Å²) >= 11 is 0. The zero-order valence-electron chi connectivity index (χ0n) is 2.83. The maximum Gasteiger partial charge on any atom is 0.453 e. The van der Waals surface area contributed by atoms with Gasteiger partial charge in [0.05, 0.1) is 0 Å². The largest absolute Gasteiger partial charge is 0.453 e. The molecule has 0 atom stereocenters. The van der Waals surface area contributed by atoms with Crippen LogP contribution in [-0.2, 0) is 9.97 Å². The summed E-state index contributed by atoms with van der Waals surface area (Å²) in [7, 11) is -4.11. The van der Waals surface area contributed by atoms with E-state index in [1.54, 1.807) is 0 Å². The van der Waals surface area contributed by atoms with E-state index in [9.17, 15) is 8.42 Å². The summed E-state index contributed by atoms with van der Waals surface area (Å²) < 4.78 is 26.2. The van der Waals surface area contributed by atoms with Gasteiger partial charge < -0.3 is 5.02 Å². The van der Waals surface area contributed by atoms with E-state index >= 15 is 0 Å². The van der Waals surface area contributed by atoms with E-state index in [0.29, 0.717) is 0 Å². The maximum absolute atomic E-state index is 9.31. The first kappa shape index (κ1) is 5.93. The predicted octanol–water partition coefficient (Wildman–Crippen LogP) is -1.87. The van der Waals surface area contributed by atoms with Crippen LogP contribution in [-0.4, -0.2) is 24.8 Å². The van der Waals surface area contributed by atoms with Crippen LogP contribution in [0.1, 0.15) is 0 Å². The van der Waals surface area contributed by atoms with Crippen molar-refractivity contribution < 1.29 is 18.0 Å². The summed E-state index contributed by atoms with van der Waals surface area (Å²) in [6, 6.07) is 0. The van der Waals surface area contributed by atoms with Crippen molar-refractivity contribution in [1.82, 2.24) is 0 Å². The molecular formula is H3BO4S. The quantitative estimate of drug-likeness (QED) is 0.306. The van der Waals surface area contributed by atoms with Gasteiger partial charge in [-0.3, -0.25) is 4.55 Å². The summed E-state index contributed by atoms with van der Waals surface area (Å²) in [5, 5.41) is 7.56. The molecule has 6 heteroatoms. The van der Waals surface area contributed by atoms with Crippen LogP contribution >= 0.6 is 0 Å². The molecule has 4 nitrogen and oxygen atoms in total. The first-order valence-corrected chi connectivity index (χ1v) is 2.73. The molecule has 0 heterocycles. The lowest BCUT2D eigenvalue weighted by molar-refractivity contribution is 0.490. The lowest BCUT2D eigenvalue weighted by atomic mass is 10.6. The van der Waals surface area contributed by atoms with Crippen LogP contribution in [0.4, 0.5) is 0 Å². The molecule has 0 spiro atoms. The molecule has 0 fully saturated rings. The molecule has 0 unspecified atom stereocenters. The fourth-order valence-electron chi connectivity index (χ4n) is 0. The Morgan fingerprint density at radius 3 is 1.67 bits per heavy atom. The first-order valence-electron chi connectivity index (χ1n) is 1.12. The minimum Gasteiger partial charge on any atom is -0.439 e. The standard InChI is InChI=1S/BH3O4S/c2-1-6(3,4)5/h1-2H,(H,3,4,5). The van der Waals surface area contributed by atoms with Crippen LogP contribution in [0, 0.1) is 0 Å². The van der Waals surface area contributed by atoms with E-state index in [1.807, 2.05) is 0 Å². The molecule has 0 radical (unpaired) electrons. The third kappa shape index (κ3) is 3.93. The second-order valence-electron chi connectivity index (χ2n) is 0.711. The lowest BCUT2D eigenvalue weighted by Crippen LogP contribution is -2.05. The normalized spacial score (nSPS) is 11.0. The van der Waals surface area contributed by atoms with Crippen LogP contribution in [0.3, 0.4) is 0 Å². The summed E-state index contributed by atoms with van der Waals surface area (Å²) in [4.78, 5) is 0. The fourth-order valence-corrected chi connectivity index (χ4v) is 0. The second-order valence-corrected chi connectivity index (χ2v) is 2.13. The van der Waals surface area contributed by atoms with E-state index in [4.69, 9.17) is 9.58 Å². The Labute approximate surface area is 35.7 Å². The van der Waals surface area contributed by atoms with Crippen molar-refractivity contribution >= 4 is 16.7 Å². The minimum atomic E-state index is -4.11. The first-order chi connectivity index (χ1) is 2.56. The highest BCUT2D eigenvalue weighted by atomic mass is 32.2. The van der Waals surface area contributed by atoms with Gasteiger partial charge in [0, 0.05) is 0 Å². The molecule has 0 aliphatic heterocycles. The Morgan fingerprint density at radius 2 is 1.67 bits per heavy atom. The molecule has 2 N–H and O–H groups in total. The van der Waals surface area contributed by atoms with Gasteiger partial charge in [-0.15, -0.1) is 0 Å². The SMILES string of the molecule is O=S(=O)(O)BO. The van der Waals surface area contributed by atoms with E-state index in [1.165, 1.54) is 0 Å². The molecule has 0 aromatic rings. The molecule has 0 aliphatic carbocycles. The van der Waals surface area contributed by atoms with Gasteiger partial charge in [-0.1, -0.05) is 0 Å². The average molecular weight is 110 g/mol. The Kier molecular flexibility index (Phi) is 1.57. The van der Waals surface area contributed by atoms with Gasteiger partial charge in [0.1, 0.15) is 0 Å². The summed E-state index contributed by atoms with van der Waals surface area (Å²) in [5.74, 6) is 0. The molecule has 6 heavy (non-hydrogen) atoms. The van der Waals surface area contributed by atoms with Crippen LogP contribution < -0.4 is 0 Å². The third-order valence-electron chi connectivity index (χ3n) is 0.163. The molecule has 0 aromatic carbocycles. The van der Waals surface area contributed by atoms with Crippen molar-refractivity contribution in [2.75, 3.05) is 0 Å². The van der Waals surface area contributed by atoms with Gasteiger partial charge >= 0.3 is 6.76 Å². The predicted molar refractivity (Wildman–Crippen MR) is 20.9 cm³/mol. The highest BCUT2D eigenvalue weighted by Gasteiger charge is 2.01. The summed E-state index contributed by atoms with van der Waals surface area (Å²) in [6.07, 6.45) is 0. The van der Waals surface area contributed by atoms with Crippen LogP contribution in [0.25, 0.3) is 0 Å². The fraction of sp³-hybridized carbons (Fsp3) is 0. The van der Waals surface area contributed by atoms with Gasteiger partial charge in [-0.25, -0.2) is 8.42 Å². The molecule has 0 rings (SSSR count). The van der Waals surface area contributed by atoms with Gasteiger partial charge in [0.25, 0.3) is 0 Å². The lowest BCUT2D eigenvalue weighted by Gasteiger charge is -1.76. The Hall–Kier alpha value is -0.0651. The monoisotopic (exact) mass is 110 g/mol. The highest BCUT2D eigenvalue weighted by Crippen LogP contribution is 1.67. The van der Waals surface area contributed by atoms with E-state index in [-0.39, 0.29) is 0 Å². The van der Waals surface area contributed by atoms with Crippen molar-refractivity contribution in [2.45, 2.75) is 0 Å². The highest BCUT2D eigenvalue weighted by molar-refractivity contribution is 8.09. The topological polar surface area (TPSA) is 74.6 Å². The number of rotatable bonds is 1. The average Bonchev–Trinajstić information content (AvgIpc) is 1.35. The minimum absolute atomic E-state index is 1.20. The molecule has 0 bridgehead atoms. The van der Waals surface area contributed by atoms with Crippen molar-refractivity contribution in [3.05, 3.63) is 0 Å². The van der Waals surface area contributed by atoms with Gasteiger partial charge in [0.15, 0.2) is 0 Å². The molecule has 0 amide bonds. The van der Waals surface area contributed by atoms with Crippen molar-refractivity contribution in [1.29, 1.82) is 0 Å². The molecule has 36 valence electrons. The number of hydrogen-bond donors (Lipinski definition) is 2. The maximum atomic E-state index is 9.31. The zero-order chi connectivity index (χ0) is 5.21. The van der Waals surface area contributed by atoms with Crippen molar-refractivity contribution in [3.63, 3.8) is 0 Å². The number of hydrogen-bond acceptors (Lipinski definition) is 3. The van der Waals surface area contributed by atoms with Gasteiger partial charge in [0.2, 0.25) is 9.97 Å². The summed E-state index contributed by atoms with van der Waals surface area (Å²) in [6.45, 7) is -1.20. The smallest absolute Gasteiger partial charge is 0.439 e. The molecule has 0 aromatic heterocycles. The Morgan fingerprint density at radius 1 is 1.50 bits per heavy atom. The van der Waals surface area contributed by atoms with Crippen LogP contribution in [0.15, 0.2) is 0 Å². The van der Waals surface area contributed by atoms with E-state index in [0.717, 1.165) is 0 Å². The molecular weight excluding hydrogens is 107 g/mol. The van der Waals surface area contributed by atoms with Crippen molar-refractivity contribution in [2.24, 2.45) is 0 Å². The summed E-state index contributed by atoms with van der Waals surface area (Å²) in [5.41, 5.74) is 0. The van der Waals surface area contributed by atoms with Crippen LogP contribution in [0.2, 0.25) is 0 Å². The van der Waals surface area contributed by atoms with Gasteiger partial charge in [-0.05, 0) is 0 Å². The Bertz CT molecular complexity index is 110.